The molecule has 0 N–H and O–H groups in total. The van der Waals surface area contributed by atoms with Gasteiger partial charge in [0.1, 0.15) is 11.7 Å². The molecule has 0 aliphatic heterocycles. The highest BCUT2D eigenvalue weighted by atomic mass is 16.5. The fourth-order valence-corrected chi connectivity index (χ4v) is 1.97. The van der Waals surface area contributed by atoms with Gasteiger partial charge >= 0.3 is 11.9 Å². The van der Waals surface area contributed by atoms with E-state index in [2.05, 4.69) is 0 Å². The van der Waals surface area contributed by atoms with Gasteiger partial charge < -0.3 is 9.47 Å². The molecule has 1 rings (SSSR count). The fraction of sp³-hybridized carbons (Fsp3) is 0.750. The zero-order valence-electron chi connectivity index (χ0n) is 10.2. The highest BCUT2D eigenvalue weighted by Crippen LogP contribution is 2.27. The molecule has 1 aliphatic rings. The van der Waals surface area contributed by atoms with E-state index in [4.69, 9.17) is 9.47 Å². The summed E-state index contributed by atoms with van der Waals surface area (Å²) in [6.07, 6.45) is 0.970. The molecule has 0 bridgehead atoms. The number of ether oxygens (including phenoxy) is 2. The van der Waals surface area contributed by atoms with Crippen molar-refractivity contribution in [1.82, 2.24) is 0 Å². The van der Waals surface area contributed by atoms with Gasteiger partial charge in [-0.1, -0.05) is 0 Å². The zero-order valence-corrected chi connectivity index (χ0v) is 10.2. The van der Waals surface area contributed by atoms with E-state index < -0.39 is 17.8 Å². The number of carbonyl (C=O) groups is 3. The van der Waals surface area contributed by atoms with E-state index in [-0.39, 0.29) is 24.8 Å². The van der Waals surface area contributed by atoms with Crippen LogP contribution in [0.25, 0.3) is 0 Å². The summed E-state index contributed by atoms with van der Waals surface area (Å²) in [7, 11) is 0. The van der Waals surface area contributed by atoms with E-state index in [0.29, 0.717) is 19.4 Å². The third-order valence-corrected chi connectivity index (χ3v) is 2.83. The molecule has 2 atom stereocenters. The largest absolute Gasteiger partial charge is 0.466 e. The van der Waals surface area contributed by atoms with Gasteiger partial charge in [-0.3, -0.25) is 14.4 Å². The van der Waals surface area contributed by atoms with Gasteiger partial charge in [0.15, 0.2) is 0 Å². The number of hydrogen-bond acceptors (Lipinski definition) is 5. The summed E-state index contributed by atoms with van der Waals surface area (Å²) >= 11 is 0. The molecule has 0 aromatic heterocycles. The molecule has 1 fully saturated rings. The Kier molecular flexibility index (Phi) is 5.12. The maximum absolute atomic E-state index is 11.7. The molecule has 0 amide bonds. The van der Waals surface area contributed by atoms with Crippen LogP contribution in [0.2, 0.25) is 0 Å². The maximum atomic E-state index is 11.7. The van der Waals surface area contributed by atoms with Crippen molar-refractivity contribution in [3.63, 3.8) is 0 Å². The normalized spacial score (nSPS) is 24.2. The van der Waals surface area contributed by atoms with Gasteiger partial charge in [-0.25, -0.2) is 0 Å². The summed E-state index contributed by atoms with van der Waals surface area (Å²) in [4.78, 5) is 34.6. The quantitative estimate of drug-likeness (QED) is 0.545. The van der Waals surface area contributed by atoms with Crippen LogP contribution in [0.3, 0.4) is 0 Å². The first-order chi connectivity index (χ1) is 8.10. The van der Waals surface area contributed by atoms with Crippen LogP contribution in [0.15, 0.2) is 0 Å². The molecule has 17 heavy (non-hydrogen) atoms. The molecule has 2 unspecified atom stereocenters. The summed E-state index contributed by atoms with van der Waals surface area (Å²) in [5.74, 6) is -2.12. The molecule has 0 radical (unpaired) electrons. The number of rotatable bonds is 4. The summed E-state index contributed by atoms with van der Waals surface area (Å²) < 4.78 is 9.68. The number of esters is 2. The van der Waals surface area contributed by atoms with Crippen molar-refractivity contribution in [3.05, 3.63) is 0 Å². The molecule has 96 valence electrons. The highest BCUT2D eigenvalue weighted by Gasteiger charge is 2.37. The summed E-state index contributed by atoms with van der Waals surface area (Å²) in [5.41, 5.74) is 0. The number of hydrogen-bond donors (Lipinski definition) is 0. The van der Waals surface area contributed by atoms with Crippen LogP contribution in [0.1, 0.15) is 33.1 Å². The molecule has 0 aromatic rings. The molecule has 1 aliphatic carbocycles. The van der Waals surface area contributed by atoms with Crippen molar-refractivity contribution < 1.29 is 23.9 Å². The number of carbonyl (C=O) groups excluding carboxylic acids is 3. The Morgan fingerprint density at radius 1 is 1.12 bits per heavy atom. The average Bonchev–Trinajstić information content (AvgIpc) is 2.29. The highest BCUT2D eigenvalue weighted by molar-refractivity contribution is 6.01. The van der Waals surface area contributed by atoms with E-state index in [9.17, 15) is 14.4 Å². The lowest BCUT2D eigenvalue weighted by molar-refractivity contribution is -0.158. The predicted molar refractivity (Wildman–Crippen MR) is 59.1 cm³/mol. The lowest BCUT2D eigenvalue weighted by Gasteiger charge is -2.24. The van der Waals surface area contributed by atoms with Crippen LogP contribution in [-0.2, 0) is 23.9 Å². The topological polar surface area (TPSA) is 69.7 Å². The van der Waals surface area contributed by atoms with Crippen LogP contribution in [0.5, 0.6) is 0 Å². The van der Waals surface area contributed by atoms with Crippen LogP contribution >= 0.6 is 0 Å². The first-order valence-corrected chi connectivity index (χ1v) is 5.96. The zero-order chi connectivity index (χ0) is 12.8. The van der Waals surface area contributed by atoms with Crippen molar-refractivity contribution in [2.24, 2.45) is 11.8 Å². The summed E-state index contributed by atoms with van der Waals surface area (Å²) in [6.45, 7) is 4.01. The lowest BCUT2D eigenvalue weighted by Crippen LogP contribution is -2.35. The Balaban J connectivity index is 2.52. The predicted octanol–water partition coefficient (Wildman–Crippen LogP) is 1.10. The molecular weight excluding hydrogens is 224 g/mol. The van der Waals surface area contributed by atoms with Gasteiger partial charge in [-0.15, -0.1) is 0 Å². The smallest absolute Gasteiger partial charge is 0.316 e. The van der Waals surface area contributed by atoms with Gasteiger partial charge in [-0.05, 0) is 26.7 Å². The Morgan fingerprint density at radius 3 is 2.24 bits per heavy atom. The van der Waals surface area contributed by atoms with E-state index in [1.807, 2.05) is 0 Å². The minimum atomic E-state index is -0.694. The Hall–Kier alpha value is -1.39. The van der Waals surface area contributed by atoms with Crippen molar-refractivity contribution in [3.8, 4) is 0 Å². The van der Waals surface area contributed by atoms with Crippen molar-refractivity contribution in [1.29, 1.82) is 0 Å². The number of ketones is 1. The van der Waals surface area contributed by atoms with E-state index in [1.165, 1.54) is 0 Å². The van der Waals surface area contributed by atoms with Crippen LogP contribution in [0, 0.1) is 11.8 Å². The van der Waals surface area contributed by atoms with Crippen molar-refractivity contribution >= 4 is 17.7 Å². The third-order valence-electron chi connectivity index (χ3n) is 2.83. The van der Waals surface area contributed by atoms with Gasteiger partial charge in [0.05, 0.1) is 19.1 Å². The Bertz CT molecular complexity index is 310. The minimum Gasteiger partial charge on any atom is -0.466 e. The molecule has 5 nitrogen and oxygen atoms in total. The summed E-state index contributed by atoms with van der Waals surface area (Å²) in [6, 6.07) is 0. The molecule has 0 aromatic carbocycles. The van der Waals surface area contributed by atoms with E-state index in [1.54, 1.807) is 13.8 Å². The van der Waals surface area contributed by atoms with Crippen molar-refractivity contribution in [2.45, 2.75) is 33.1 Å². The van der Waals surface area contributed by atoms with Crippen LogP contribution in [0.4, 0.5) is 0 Å². The van der Waals surface area contributed by atoms with Crippen molar-refractivity contribution in [2.75, 3.05) is 13.2 Å². The molecule has 1 saturated carbocycles. The van der Waals surface area contributed by atoms with Crippen LogP contribution in [-0.4, -0.2) is 30.9 Å². The molecule has 0 spiro atoms. The second-order valence-corrected chi connectivity index (χ2v) is 4.00. The monoisotopic (exact) mass is 242 g/mol. The first kappa shape index (κ1) is 13.7. The first-order valence-electron chi connectivity index (χ1n) is 5.96. The maximum Gasteiger partial charge on any atom is 0.316 e. The second-order valence-electron chi connectivity index (χ2n) is 4.00. The SMILES string of the molecule is CCOC(=O)C1CCC(C(=O)OCC)C(=O)C1. The van der Waals surface area contributed by atoms with Gasteiger partial charge in [0, 0.05) is 6.42 Å². The second kappa shape index (κ2) is 6.37. The number of Topliss-reactive ketones (excluding diaryl/α,β-unsaturated/α-hetero) is 1. The third kappa shape index (κ3) is 3.54. The molecular formula is C12H18O5. The van der Waals surface area contributed by atoms with E-state index >= 15 is 0 Å². The van der Waals surface area contributed by atoms with E-state index in [0.717, 1.165) is 0 Å². The Labute approximate surface area is 100 Å². The average molecular weight is 242 g/mol. The lowest BCUT2D eigenvalue weighted by atomic mass is 9.81. The molecule has 0 heterocycles. The van der Waals surface area contributed by atoms with Gasteiger partial charge in [0.2, 0.25) is 0 Å². The molecule has 5 heteroatoms. The van der Waals surface area contributed by atoms with Gasteiger partial charge in [-0.2, -0.15) is 0 Å². The standard InChI is InChI=1S/C12H18O5/c1-3-16-11(14)8-5-6-9(10(13)7-8)12(15)17-4-2/h8-9H,3-7H2,1-2H3. The minimum absolute atomic E-state index is 0.0856. The van der Waals surface area contributed by atoms with Crippen LogP contribution < -0.4 is 0 Å². The van der Waals surface area contributed by atoms with Gasteiger partial charge in [0.25, 0.3) is 0 Å². The molecule has 0 saturated heterocycles. The fourth-order valence-electron chi connectivity index (χ4n) is 1.97. The summed E-state index contributed by atoms with van der Waals surface area (Å²) in [5, 5.41) is 0. The Morgan fingerprint density at radius 2 is 1.71 bits per heavy atom.